The lowest BCUT2D eigenvalue weighted by Gasteiger charge is -2.29. The fourth-order valence-electron chi connectivity index (χ4n) is 2.25. The molecule has 0 aromatic carbocycles. The maximum atomic E-state index is 10.7. The van der Waals surface area contributed by atoms with Crippen molar-refractivity contribution in [2.24, 2.45) is 5.92 Å². The first-order chi connectivity index (χ1) is 9.04. The predicted molar refractivity (Wildman–Crippen MR) is 74.0 cm³/mol. The molecule has 1 aliphatic rings. The van der Waals surface area contributed by atoms with Crippen molar-refractivity contribution >= 4 is 17.3 Å². The van der Waals surface area contributed by atoms with Crippen LogP contribution in [0.3, 0.4) is 0 Å². The van der Waals surface area contributed by atoms with Crippen molar-refractivity contribution in [1.82, 2.24) is 9.88 Å². The molecule has 0 amide bonds. The SMILES string of the molecule is CN1CCC(CNc2cc([N+](=O)[O-])cc(N)n2)CC1. The van der Waals surface area contributed by atoms with Crippen LogP contribution in [0.15, 0.2) is 12.1 Å². The molecule has 1 aromatic heterocycles. The zero-order valence-electron chi connectivity index (χ0n) is 11.0. The number of aromatic nitrogens is 1. The molecular weight excluding hydrogens is 246 g/mol. The largest absolute Gasteiger partial charge is 0.383 e. The van der Waals surface area contributed by atoms with Crippen LogP contribution in [0.5, 0.6) is 0 Å². The van der Waals surface area contributed by atoms with Crippen molar-refractivity contribution in [1.29, 1.82) is 0 Å². The number of anilines is 2. The third-order valence-electron chi connectivity index (χ3n) is 3.45. The molecule has 0 radical (unpaired) electrons. The second-order valence-corrected chi connectivity index (χ2v) is 5.02. The van der Waals surface area contributed by atoms with Crippen molar-refractivity contribution in [2.45, 2.75) is 12.8 Å². The minimum Gasteiger partial charge on any atom is -0.383 e. The van der Waals surface area contributed by atoms with Gasteiger partial charge < -0.3 is 16.0 Å². The molecule has 19 heavy (non-hydrogen) atoms. The summed E-state index contributed by atoms with van der Waals surface area (Å²) < 4.78 is 0. The molecular formula is C12H19N5O2. The highest BCUT2D eigenvalue weighted by Crippen LogP contribution is 2.20. The lowest BCUT2D eigenvalue weighted by Crippen LogP contribution is -2.33. The Morgan fingerprint density at radius 1 is 1.53 bits per heavy atom. The van der Waals surface area contributed by atoms with Crippen molar-refractivity contribution in [3.8, 4) is 0 Å². The molecule has 0 spiro atoms. The molecule has 0 atom stereocenters. The molecule has 0 bridgehead atoms. The Hall–Kier alpha value is -1.89. The molecule has 1 saturated heterocycles. The number of rotatable bonds is 4. The van der Waals surface area contributed by atoms with Crippen LogP contribution >= 0.6 is 0 Å². The number of nitro groups is 1. The van der Waals surface area contributed by atoms with Crippen LogP contribution in [0.25, 0.3) is 0 Å². The number of hydrogen-bond donors (Lipinski definition) is 2. The smallest absolute Gasteiger partial charge is 0.276 e. The van der Waals surface area contributed by atoms with E-state index in [1.54, 1.807) is 0 Å². The fourth-order valence-corrected chi connectivity index (χ4v) is 2.25. The van der Waals surface area contributed by atoms with Gasteiger partial charge in [-0.05, 0) is 38.9 Å². The first kappa shape index (κ1) is 13.5. The summed E-state index contributed by atoms with van der Waals surface area (Å²) in [5.74, 6) is 1.23. The Morgan fingerprint density at radius 2 is 2.21 bits per heavy atom. The van der Waals surface area contributed by atoms with Gasteiger partial charge in [0.25, 0.3) is 5.69 Å². The Morgan fingerprint density at radius 3 is 2.84 bits per heavy atom. The zero-order valence-corrected chi connectivity index (χ0v) is 11.0. The van der Waals surface area contributed by atoms with E-state index in [1.165, 1.54) is 12.1 Å². The van der Waals surface area contributed by atoms with E-state index in [0.29, 0.717) is 11.7 Å². The van der Waals surface area contributed by atoms with E-state index in [2.05, 4.69) is 22.2 Å². The number of likely N-dealkylation sites (tertiary alicyclic amines) is 1. The molecule has 0 saturated carbocycles. The summed E-state index contributed by atoms with van der Waals surface area (Å²) in [5.41, 5.74) is 5.53. The lowest BCUT2D eigenvalue weighted by atomic mass is 9.97. The highest BCUT2D eigenvalue weighted by molar-refractivity contribution is 5.52. The van der Waals surface area contributed by atoms with Crippen LogP contribution in [-0.4, -0.2) is 41.5 Å². The van der Waals surface area contributed by atoms with Gasteiger partial charge in [0.2, 0.25) is 0 Å². The third-order valence-corrected chi connectivity index (χ3v) is 3.45. The lowest BCUT2D eigenvalue weighted by molar-refractivity contribution is -0.384. The van der Waals surface area contributed by atoms with E-state index in [9.17, 15) is 10.1 Å². The van der Waals surface area contributed by atoms with Gasteiger partial charge in [-0.25, -0.2) is 4.98 Å². The molecule has 1 fully saturated rings. The predicted octanol–water partition coefficient (Wildman–Crippen LogP) is 1.33. The summed E-state index contributed by atoms with van der Waals surface area (Å²) >= 11 is 0. The van der Waals surface area contributed by atoms with Gasteiger partial charge >= 0.3 is 0 Å². The Labute approximate surface area is 112 Å². The average molecular weight is 265 g/mol. The fraction of sp³-hybridized carbons (Fsp3) is 0.583. The summed E-state index contributed by atoms with van der Waals surface area (Å²) in [6.07, 6.45) is 2.27. The van der Waals surface area contributed by atoms with Crippen LogP contribution in [0.4, 0.5) is 17.3 Å². The topological polar surface area (TPSA) is 97.3 Å². The number of piperidine rings is 1. The van der Waals surface area contributed by atoms with Gasteiger partial charge in [-0.3, -0.25) is 10.1 Å². The van der Waals surface area contributed by atoms with Crippen LogP contribution in [0, 0.1) is 16.0 Å². The Bertz CT molecular complexity index is 457. The minimum absolute atomic E-state index is 0.0293. The average Bonchev–Trinajstić information content (AvgIpc) is 2.37. The van der Waals surface area contributed by atoms with Gasteiger partial charge in [0, 0.05) is 6.54 Å². The molecule has 1 aliphatic heterocycles. The second kappa shape index (κ2) is 5.83. The highest BCUT2D eigenvalue weighted by atomic mass is 16.6. The first-order valence-electron chi connectivity index (χ1n) is 6.39. The van der Waals surface area contributed by atoms with Crippen molar-refractivity contribution in [2.75, 3.05) is 37.7 Å². The maximum Gasteiger partial charge on any atom is 0.276 e. The van der Waals surface area contributed by atoms with E-state index in [1.807, 2.05) is 0 Å². The molecule has 2 heterocycles. The summed E-state index contributed by atoms with van der Waals surface area (Å²) in [7, 11) is 2.12. The summed E-state index contributed by atoms with van der Waals surface area (Å²) in [6.45, 7) is 2.97. The number of hydrogen-bond acceptors (Lipinski definition) is 6. The number of nitrogens with two attached hydrogens (primary N) is 1. The van der Waals surface area contributed by atoms with Crippen LogP contribution in [-0.2, 0) is 0 Å². The number of nitrogens with one attached hydrogen (secondary N) is 1. The van der Waals surface area contributed by atoms with Crippen molar-refractivity contribution in [3.63, 3.8) is 0 Å². The van der Waals surface area contributed by atoms with E-state index >= 15 is 0 Å². The van der Waals surface area contributed by atoms with E-state index in [4.69, 9.17) is 5.73 Å². The van der Waals surface area contributed by atoms with E-state index < -0.39 is 4.92 Å². The molecule has 1 aromatic rings. The van der Waals surface area contributed by atoms with Crippen molar-refractivity contribution < 1.29 is 4.92 Å². The minimum atomic E-state index is -0.460. The first-order valence-corrected chi connectivity index (χ1v) is 6.39. The van der Waals surface area contributed by atoms with Gasteiger partial charge in [0.1, 0.15) is 11.6 Å². The second-order valence-electron chi connectivity index (χ2n) is 5.02. The van der Waals surface area contributed by atoms with Gasteiger partial charge in [-0.15, -0.1) is 0 Å². The quantitative estimate of drug-likeness (QED) is 0.629. The molecule has 2 rings (SSSR count). The Balaban J connectivity index is 1.94. The van der Waals surface area contributed by atoms with Crippen LogP contribution in [0.2, 0.25) is 0 Å². The third kappa shape index (κ3) is 3.78. The number of nitrogen functional groups attached to an aromatic ring is 1. The van der Waals surface area contributed by atoms with Gasteiger partial charge in [0.15, 0.2) is 0 Å². The molecule has 0 unspecified atom stereocenters. The van der Waals surface area contributed by atoms with Crippen molar-refractivity contribution in [3.05, 3.63) is 22.2 Å². The summed E-state index contributed by atoms with van der Waals surface area (Å²) in [5, 5.41) is 13.9. The normalized spacial score (nSPS) is 17.3. The van der Waals surface area contributed by atoms with Gasteiger partial charge in [-0.2, -0.15) is 0 Å². The summed E-state index contributed by atoms with van der Waals surface area (Å²) in [4.78, 5) is 16.6. The Kier molecular flexibility index (Phi) is 4.16. The molecule has 0 aliphatic carbocycles. The molecule has 7 heteroatoms. The number of nitrogens with zero attached hydrogens (tertiary/aromatic N) is 3. The number of pyridine rings is 1. The monoisotopic (exact) mass is 265 g/mol. The van der Waals surface area contributed by atoms with Crippen LogP contribution < -0.4 is 11.1 Å². The zero-order chi connectivity index (χ0) is 13.8. The standard InChI is InChI=1S/C12H19N5O2/c1-16-4-2-9(3-5-16)8-14-12-7-10(17(18)19)6-11(13)15-12/h6-7,9H,2-5,8H2,1H3,(H3,13,14,15). The van der Waals surface area contributed by atoms with Gasteiger partial charge in [0.05, 0.1) is 17.1 Å². The summed E-state index contributed by atoms with van der Waals surface area (Å²) in [6, 6.07) is 2.69. The molecule has 3 N–H and O–H groups in total. The van der Waals surface area contributed by atoms with Crippen LogP contribution in [0.1, 0.15) is 12.8 Å². The maximum absolute atomic E-state index is 10.7. The highest BCUT2D eigenvalue weighted by Gasteiger charge is 2.17. The van der Waals surface area contributed by atoms with E-state index in [-0.39, 0.29) is 11.5 Å². The molecule has 7 nitrogen and oxygen atoms in total. The van der Waals surface area contributed by atoms with E-state index in [0.717, 1.165) is 32.5 Å². The molecule has 104 valence electrons. The van der Waals surface area contributed by atoms with Gasteiger partial charge in [-0.1, -0.05) is 0 Å².